The van der Waals surface area contributed by atoms with Gasteiger partial charge in [-0.05, 0) is 65.4 Å². The standard InChI is InChI=1S/C45H35N3OS2/c46-44(29-18-20-33-32-11-4-6-15-38(32)49-39(33)23-29)48-45(47-26-27-9-2-1-3-10-27)30-19-22-36-35-21-17-28(24-41(35)50-42(36)25-30)31-13-8-14-37-34-12-5-7-16-40(34)51-43(31)37/h1-2,4-9,11-25,44-45,47-48H,3,10,26,46H2. The zero-order chi connectivity index (χ0) is 33.9. The van der Waals surface area contributed by atoms with E-state index in [1.807, 2.05) is 40.9 Å². The Labute approximate surface area is 303 Å². The second-order valence-corrected chi connectivity index (χ2v) is 15.6. The number of fused-ring (bicyclic) bond motifs is 9. The van der Waals surface area contributed by atoms with E-state index in [1.54, 1.807) is 0 Å². The van der Waals surface area contributed by atoms with Crippen LogP contribution < -0.4 is 16.4 Å². The molecule has 1 aliphatic carbocycles. The lowest BCUT2D eigenvalue weighted by molar-refractivity contribution is 0.396. The lowest BCUT2D eigenvalue weighted by Gasteiger charge is -2.26. The number of furan rings is 1. The van der Waals surface area contributed by atoms with Crippen molar-refractivity contribution in [3.8, 4) is 11.1 Å². The lowest BCUT2D eigenvalue weighted by atomic mass is 10.0. The fraction of sp³-hybridized carbons (Fsp3) is 0.111. The summed E-state index contributed by atoms with van der Waals surface area (Å²) in [6.45, 7) is 0.786. The van der Waals surface area contributed by atoms with E-state index >= 15 is 0 Å². The van der Waals surface area contributed by atoms with Gasteiger partial charge in [-0.1, -0.05) is 115 Å². The Morgan fingerprint density at radius 1 is 0.647 bits per heavy atom. The highest BCUT2D eigenvalue weighted by atomic mass is 32.1. The topological polar surface area (TPSA) is 63.2 Å². The van der Waals surface area contributed by atoms with Crippen LogP contribution in [0.25, 0.3) is 73.4 Å². The van der Waals surface area contributed by atoms with Gasteiger partial charge in [0.25, 0.3) is 0 Å². The normalized spacial score (nSPS) is 14.7. The minimum atomic E-state index is -0.405. The van der Waals surface area contributed by atoms with Crippen molar-refractivity contribution in [1.82, 2.24) is 10.6 Å². The number of hydrogen-bond donors (Lipinski definition) is 3. The molecule has 9 aromatic rings. The lowest BCUT2D eigenvalue weighted by Crippen LogP contribution is -2.40. The molecule has 0 saturated carbocycles. The minimum Gasteiger partial charge on any atom is -0.456 e. The van der Waals surface area contributed by atoms with E-state index in [4.69, 9.17) is 10.2 Å². The number of benzene rings is 6. The number of nitrogens with two attached hydrogens (primary N) is 1. The van der Waals surface area contributed by atoms with Gasteiger partial charge in [-0.2, -0.15) is 0 Å². The first-order valence-electron chi connectivity index (χ1n) is 17.5. The summed E-state index contributed by atoms with van der Waals surface area (Å²) in [4.78, 5) is 0. The SMILES string of the molecule is NC(NC(NCC1=CC=CCC1)c1ccc2c(c1)sc1cc(-c3cccc4c3sc3ccccc34)ccc12)c1ccc2c(c1)oc1ccccc12. The summed E-state index contributed by atoms with van der Waals surface area (Å²) in [6.07, 6.45) is 8.21. The van der Waals surface area contributed by atoms with Crippen LogP contribution in [0.15, 0.2) is 150 Å². The number of rotatable bonds is 8. The van der Waals surface area contributed by atoms with Crippen LogP contribution in [-0.2, 0) is 0 Å². The molecule has 4 nitrogen and oxygen atoms in total. The maximum atomic E-state index is 6.92. The third-order valence-electron chi connectivity index (χ3n) is 10.3. The summed E-state index contributed by atoms with van der Waals surface area (Å²) >= 11 is 3.75. The van der Waals surface area contributed by atoms with E-state index < -0.39 is 6.17 Å². The van der Waals surface area contributed by atoms with Crippen LogP contribution in [0.2, 0.25) is 0 Å². The molecule has 0 amide bonds. The van der Waals surface area contributed by atoms with Gasteiger partial charge in [-0.25, -0.2) is 0 Å². The molecular weight excluding hydrogens is 663 g/mol. The number of hydrogen-bond acceptors (Lipinski definition) is 6. The highest BCUT2D eigenvalue weighted by Gasteiger charge is 2.20. The van der Waals surface area contributed by atoms with Gasteiger partial charge in [-0.15, -0.1) is 22.7 Å². The summed E-state index contributed by atoms with van der Waals surface area (Å²) in [6, 6.07) is 43.7. The molecule has 3 aromatic heterocycles. The van der Waals surface area contributed by atoms with Gasteiger partial charge in [0.1, 0.15) is 11.2 Å². The van der Waals surface area contributed by atoms with Crippen LogP contribution in [0.4, 0.5) is 0 Å². The number of thiophene rings is 2. The van der Waals surface area contributed by atoms with Gasteiger partial charge in [0.2, 0.25) is 0 Å². The molecule has 0 radical (unpaired) electrons. The molecule has 2 atom stereocenters. The Kier molecular flexibility index (Phi) is 7.59. The third-order valence-corrected chi connectivity index (χ3v) is 12.6. The first kappa shape index (κ1) is 30.7. The van der Waals surface area contributed by atoms with Crippen LogP contribution in [0, 0.1) is 0 Å². The highest BCUT2D eigenvalue weighted by Crippen LogP contribution is 2.42. The molecule has 0 fully saturated rings. The molecule has 1 aliphatic rings. The van der Waals surface area contributed by atoms with Crippen molar-refractivity contribution in [2.45, 2.75) is 25.2 Å². The number of nitrogens with one attached hydrogen (secondary N) is 2. The first-order valence-corrected chi connectivity index (χ1v) is 19.2. The molecule has 248 valence electrons. The average Bonchev–Trinajstić information content (AvgIpc) is 3.87. The molecule has 0 saturated heterocycles. The van der Waals surface area contributed by atoms with Gasteiger partial charge in [0, 0.05) is 57.7 Å². The molecule has 0 aliphatic heterocycles. The van der Waals surface area contributed by atoms with Gasteiger partial charge < -0.3 is 10.2 Å². The fourth-order valence-corrected chi connectivity index (χ4v) is 10.1. The van der Waals surface area contributed by atoms with E-state index in [9.17, 15) is 0 Å². The van der Waals surface area contributed by atoms with Crippen LogP contribution >= 0.6 is 22.7 Å². The zero-order valence-electron chi connectivity index (χ0n) is 27.9. The monoisotopic (exact) mass is 697 g/mol. The number of para-hydroxylation sites is 1. The number of allylic oxidation sites excluding steroid dienone is 3. The van der Waals surface area contributed by atoms with Crippen molar-refractivity contribution in [2.24, 2.45) is 5.73 Å². The quantitative estimate of drug-likeness (QED) is 0.138. The second kappa shape index (κ2) is 12.6. The molecule has 6 aromatic carbocycles. The molecule has 0 bridgehead atoms. The van der Waals surface area contributed by atoms with E-state index in [2.05, 4.69) is 132 Å². The summed E-state index contributed by atoms with van der Waals surface area (Å²) in [5, 5.41) is 15.0. The van der Waals surface area contributed by atoms with Gasteiger partial charge in [-0.3, -0.25) is 10.6 Å². The Morgan fingerprint density at radius 2 is 1.39 bits per heavy atom. The summed E-state index contributed by atoms with van der Waals surface area (Å²) < 4.78 is 11.4. The van der Waals surface area contributed by atoms with E-state index in [1.165, 1.54) is 57.0 Å². The molecule has 10 rings (SSSR count). The molecule has 51 heavy (non-hydrogen) atoms. The molecule has 3 heterocycles. The van der Waals surface area contributed by atoms with E-state index in [0.717, 1.165) is 52.5 Å². The van der Waals surface area contributed by atoms with Crippen LogP contribution in [-0.4, -0.2) is 6.54 Å². The van der Waals surface area contributed by atoms with Gasteiger partial charge in [0.05, 0.1) is 12.3 Å². The van der Waals surface area contributed by atoms with Crippen molar-refractivity contribution in [2.75, 3.05) is 6.54 Å². The Bertz CT molecular complexity index is 2840. The first-order chi connectivity index (χ1) is 25.2. The predicted molar refractivity (Wildman–Crippen MR) is 219 cm³/mol. The van der Waals surface area contributed by atoms with Crippen LogP contribution in [0.5, 0.6) is 0 Å². The van der Waals surface area contributed by atoms with Crippen molar-refractivity contribution >= 4 is 85.0 Å². The third kappa shape index (κ3) is 5.48. The average molecular weight is 698 g/mol. The van der Waals surface area contributed by atoms with Crippen molar-refractivity contribution in [3.63, 3.8) is 0 Å². The maximum absolute atomic E-state index is 6.92. The largest absolute Gasteiger partial charge is 0.456 e. The molecule has 0 spiro atoms. The molecule has 6 heteroatoms. The summed E-state index contributed by atoms with van der Waals surface area (Å²) in [7, 11) is 0. The van der Waals surface area contributed by atoms with Crippen molar-refractivity contribution in [3.05, 3.63) is 156 Å². The smallest absolute Gasteiger partial charge is 0.135 e. The summed E-state index contributed by atoms with van der Waals surface area (Å²) in [5.41, 5.74) is 14.8. The maximum Gasteiger partial charge on any atom is 0.135 e. The van der Waals surface area contributed by atoms with Crippen molar-refractivity contribution < 1.29 is 4.42 Å². The van der Waals surface area contributed by atoms with Gasteiger partial charge >= 0.3 is 0 Å². The second-order valence-electron chi connectivity index (χ2n) is 13.5. The van der Waals surface area contributed by atoms with E-state index in [-0.39, 0.29) is 6.17 Å². The van der Waals surface area contributed by atoms with Gasteiger partial charge in [0.15, 0.2) is 0 Å². The fourth-order valence-electron chi connectivity index (χ4n) is 7.63. The zero-order valence-corrected chi connectivity index (χ0v) is 29.5. The molecule has 4 N–H and O–H groups in total. The predicted octanol–water partition coefficient (Wildman–Crippen LogP) is 12.1. The molecular formula is C45H35N3OS2. The Balaban J connectivity index is 0.996. The van der Waals surface area contributed by atoms with Crippen molar-refractivity contribution in [1.29, 1.82) is 0 Å². The molecule has 2 unspecified atom stereocenters. The summed E-state index contributed by atoms with van der Waals surface area (Å²) in [5.74, 6) is 0. The van der Waals surface area contributed by atoms with Crippen LogP contribution in [0.1, 0.15) is 36.3 Å². The van der Waals surface area contributed by atoms with Crippen LogP contribution in [0.3, 0.4) is 0 Å². The minimum absolute atomic E-state index is 0.158. The Morgan fingerprint density at radius 3 is 2.29 bits per heavy atom. The highest BCUT2D eigenvalue weighted by molar-refractivity contribution is 7.26. The Hall–Kier alpha value is -5.08. The van der Waals surface area contributed by atoms with E-state index in [0.29, 0.717) is 0 Å².